The maximum Gasteiger partial charge on any atom is 0.262 e. The number of fused-ring (bicyclic) bond motifs is 1. The number of nitrogens with zero attached hydrogens (tertiary/aromatic N) is 4. The summed E-state index contributed by atoms with van der Waals surface area (Å²) in [5.41, 5.74) is 6.56. The molecule has 0 spiro atoms. The normalized spacial score (nSPS) is 22.4. The van der Waals surface area contributed by atoms with E-state index in [0.29, 0.717) is 34.6 Å². The molecule has 1 aliphatic carbocycles. The Balaban J connectivity index is 1.78. The lowest BCUT2D eigenvalue weighted by Crippen LogP contribution is -2.35. The first-order valence-corrected chi connectivity index (χ1v) is 10.7. The van der Waals surface area contributed by atoms with Crippen LogP contribution in [0.4, 0.5) is 5.82 Å². The van der Waals surface area contributed by atoms with E-state index in [1.165, 1.54) is 18.2 Å². The molecular weight excluding hydrogens is 370 g/mol. The summed E-state index contributed by atoms with van der Waals surface area (Å²) in [6.07, 6.45) is 5.02. The van der Waals surface area contributed by atoms with E-state index in [1.807, 2.05) is 28.8 Å². The first-order chi connectivity index (χ1) is 13.5. The van der Waals surface area contributed by atoms with Crippen molar-refractivity contribution in [1.82, 2.24) is 19.5 Å². The average molecular weight is 396 g/mol. The van der Waals surface area contributed by atoms with Crippen LogP contribution in [-0.2, 0) is 5.75 Å². The van der Waals surface area contributed by atoms with Gasteiger partial charge < -0.3 is 5.73 Å². The summed E-state index contributed by atoms with van der Waals surface area (Å²) in [5.74, 6) is 2.63. The smallest absolute Gasteiger partial charge is 0.262 e. The molecule has 146 valence electrons. The number of hydrogen-bond donors (Lipinski definition) is 1. The zero-order valence-electron chi connectivity index (χ0n) is 16.2. The molecule has 0 aliphatic heterocycles. The minimum absolute atomic E-state index is 0.0487. The van der Waals surface area contributed by atoms with Gasteiger partial charge in [-0.2, -0.15) is 0 Å². The third-order valence-electron chi connectivity index (χ3n) is 5.83. The first-order valence-electron chi connectivity index (χ1n) is 9.76. The van der Waals surface area contributed by atoms with Gasteiger partial charge in [0.05, 0.1) is 16.7 Å². The van der Waals surface area contributed by atoms with Gasteiger partial charge >= 0.3 is 0 Å². The number of hydrogen-bond acceptors (Lipinski definition) is 6. The molecule has 0 bridgehead atoms. The van der Waals surface area contributed by atoms with Gasteiger partial charge in [0.2, 0.25) is 0 Å². The summed E-state index contributed by atoms with van der Waals surface area (Å²) >= 11 is 1.51. The quantitative estimate of drug-likeness (QED) is 0.529. The van der Waals surface area contributed by atoms with Gasteiger partial charge in [-0.25, -0.2) is 15.0 Å². The number of thioether (sulfide) groups is 1. The Labute approximate surface area is 168 Å². The van der Waals surface area contributed by atoms with Crippen LogP contribution in [-0.4, -0.2) is 19.5 Å². The third-order valence-corrected chi connectivity index (χ3v) is 6.78. The van der Waals surface area contributed by atoms with Crippen molar-refractivity contribution in [3.8, 4) is 0 Å². The summed E-state index contributed by atoms with van der Waals surface area (Å²) in [7, 11) is 0. The lowest BCUT2D eigenvalue weighted by Gasteiger charge is -2.36. The van der Waals surface area contributed by atoms with Gasteiger partial charge in [0.1, 0.15) is 11.6 Å². The second kappa shape index (κ2) is 7.91. The van der Waals surface area contributed by atoms with Gasteiger partial charge in [-0.15, -0.1) is 0 Å². The maximum absolute atomic E-state index is 13.4. The van der Waals surface area contributed by atoms with E-state index < -0.39 is 0 Å². The molecule has 0 amide bonds. The van der Waals surface area contributed by atoms with E-state index in [1.54, 1.807) is 12.3 Å². The molecule has 2 aromatic heterocycles. The van der Waals surface area contributed by atoms with E-state index >= 15 is 0 Å². The molecule has 28 heavy (non-hydrogen) atoms. The van der Waals surface area contributed by atoms with E-state index in [9.17, 15) is 4.79 Å². The topological polar surface area (TPSA) is 86.7 Å². The lowest BCUT2D eigenvalue weighted by molar-refractivity contribution is 0.173. The SMILES string of the molecule is C[C@H]1[C@H](C)CCC[C@@H]1n1c(SCc2nccc(N)n2)nc2ccccc2c1=O. The highest BCUT2D eigenvalue weighted by Crippen LogP contribution is 2.39. The van der Waals surface area contributed by atoms with Crippen LogP contribution < -0.4 is 11.3 Å². The van der Waals surface area contributed by atoms with Crippen LogP contribution in [0, 0.1) is 11.8 Å². The summed E-state index contributed by atoms with van der Waals surface area (Å²) < 4.78 is 1.93. The van der Waals surface area contributed by atoms with Crippen molar-refractivity contribution in [3.05, 3.63) is 52.7 Å². The highest BCUT2D eigenvalue weighted by atomic mass is 32.2. The molecule has 7 heteroatoms. The summed E-state index contributed by atoms with van der Waals surface area (Å²) in [6, 6.07) is 9.42. The van der Waals surface area contributed by atoms with Crippen molar-refractivity contribution >= 4 is 28.5 Å². The molecule has 1 aromatic carbocycles. The van der Waals surface area contributed by atoms with Crippen molar-refractivity contribution < 1.29 is 0 Å². The van der Waals surface area contributed by atoms with Gasteiger partial charge in [0.25, 0.3) is 5.56 Å². The average Bonchev–Trinajstić information content (AvgIpc) is 2.69. The van der Waals surface area contributed by atoms with Crippen LogP contribution in [0.5, 0.6) is 0 Å². The van der Waals surface area contributed by atoms with Gasteiger partial charge in [0.15, 0.2) is 5.16 Å². The molecule has 1 fully saturated rings. The fourth-order valence-electron chi connectivity index (χ4n) is 4.05. The Hall–Kier alpha value is -2.41. The van der Waals surface area contributed by atoms with Gasteiger partial charge in [-0.05, 0) is 36.5 Å². The molecule has 1 aliphatic rings. The zero-order valence-corrected chi connectivity index (χ0v) is 17.0. The molecule has 3 atom stereocenters. The van der Waals surface area contributed by atoms with Crippen LogP contribution in [0.25, 0.3) is 10.9 Å². The van der Waals surface area contributed by atoms with Crippen LogP contribution in [0.15, 0.2) is 46.5 Å². The molecule has 6 nitrogen and oxygen atoms in total. The molecule has 0 radical (unpaired) electrons. The zero-order chi connectivity index (χ0) is 19.7. The second-order valence-electron chi connectivity index (χ2n) is 7.61. The van der Waals surface area contributed by atoms with Crippen molar-refractivity contribution in [2.24, 2.45) is 11.8 Å². The molecule has 2 heterocycles. The largest absolute Gasteiger partial charge is 0.384 e. The molecule has 4 rings (SSSR count). The summed E-state index contributed by atoms with van der Waals surface area (Å²) in [5, 5.41) is 1.41. The minimum Gasteiger partial charge on any atom is -0.384 e. The number of benzene rings is 1. The number of nitrogens with two attached hydrogens (primary N) is 1. The molecule has 2 N–H and O–H groups in total. The van der Waals surface area contributed by atoms with Gasteiger partial charge in [-0.1, -0.05) is 50.6 Å². The number of nitrogen functional groups attached to an aromatic ring is 1. The minimum atomic E-state index is 0.0487. The highest BCUT2D eigenvalue weighted by Gasteiger charge is 2.31. The van der Waals surface area contributed by atoms with Gasteiger partial charge in [0, 0.05) is 12.2 Å². The maximum atomic E-state index is 13.4. The van der Waals surface area contributed by atoms with Crippen molar-refractivity contribution in [2.45, 2.75) is 50.1 Å². The van der Waals surface area contributed by atoms with Crippen molar-refractivity contribution in [1.29, 1.82) is 0 Å². The van der Waals surface area contributed by atoms with Crippen LogP contribution in [0.1, 0.15) is 45.0 Å². The van der Waals surface area contributed by atoms with Crippen molar-refractivity contribution in [3.63, 3.8) is 0 Å². The number of anilines is 1. The fourth-order valence-corrected chi connectivity index (χ4v) is 4.97. The Morgan fingerprint density at radius 3 is 2.82 bits per heavy atom. The van der Waals surface area contributed by atoms with Crippen LogP contribution in [0.2, 0.25) is 0 Å². The highest BCUT2D eigenvalue weighted by molar-refractivity contribution is 7.98. The Bertz CT molecular complexity index is 1050. The predicted molar refractivity (Wildman–Crippen MR) is 113 cm³/mol. The van der Waals surface area contributed by atoms with Crippen LogP contribution >= 0.6 is 11.8 Å². The van der Waals surface area contributed by atoms with Gasteiger partial charge in [-0.3, -0.25) is 9.36 Å². The number of rotatable bonds is 4. The monoisotopic (exact) mass is 395 g/mol. The Morgan fingerprint density at radius 2 is 2.00 bits per heavy atom. The Morgan fingerprint density at radius 1 is 1.18 bits per heavy atom. The standard InChI is InChI=1S/C21H25N5OS/c1-13-6-5-9-17(14(13)2)26-20(27)15-7-3-4-8-16(15)24-21(26)28-12-19-23-11-10-18(22)25-19/h3-4,7-8,10-11,13-14,17H,5-6,9,12H2,1-2H3,(H2,22,23,25)/t13-,14+,17+/m1/s1. The van der Waals surface area contributed by atoms with E-state index in [4.69, 9.17) is 10.7 Å². The number of aromatic nitrogens is 4. The molecule has 0 unspecified atom stereocenters. The van der Waals surface area contributed by atoms with Crippen molar-refractivity contribution in [2.75, 3.05) is 5.73 Å². The lowest BCUT2D eigenvalue weighted by atomic mass is 9.78. The van der Waals surface area contributed by atoms with Crippen LogP contribution in [0.3, 0.4) is 0 Å². The molecule has 0 saturated heterocycles. The van der Waals surface area contributed by atoms with E-state index in [0.717, 1.165) is 23.5 Å². The predicted octanol–water partition coefficient (Wildman–Crippen LogP) is 4.06. The Kier molecular flexibility index (Phi) is 5.35. The molecule has 3 aromatic rings. The first kappa shape index (κ1) is 18.9. The van der Waals surface area contributed by atoms with E-state index in [-0.39, 0.29) is 11.6 Å². The fraction of sp³-hybridized carbons (Fsp3) is 0.429. The molecule has 1 saturated carbocycles. The van der Waals surface area contributed by atoms with E-state index in [2.05, 4.69) is 23.8 Å². The number of para-hydroxylation sites is 1. The second-order valence-corrected chi connectivity index (χ2v) is 8.55. The molecular formula is C21H25N5OS. The summed E-state index contributed by atoms with van der Waals surface area (Å²) in [4.78, 5) is 26.8. The third kappa shape index (κ3) is 3.63. The summed E-state index contributed by atoms with van der Waals surface area (Å²) in [6.45, 7) is 4.54.